The predicted molar refractivity (Wildman–Crippen MR) is 59.6 cm³/mol. The van der Waals surface area contributed by atoms with E-state index in [9.17, 15) is 9.59 Å². The Hall–Kier alpha value is -1.71. The summed E-state index contributed by atoms with van der Waals surface area (Å²) >= 11 is 0. The molecule has 0 saturated carbocycles. The van der Waals surface area contributed by atoms with Crippen LogP contribution >= 0.6 is 0 Å². The molecule has 4 nitrogen and oxygen atoms in total. The van der Waals surface area contributed by atoms with Crippen LogP contribution in [0.3, 0.4) is 0 Å². The third-order valence-electron chi connectivity index (χ3n) is 2.82. The molecule has 84 valence electrons. The molecule has 16 heavy (non-hydrogen) atoms. The van der Waals surface area contributed by atoms with E-state index in [2.05, 4.69) is 4.98 Å². The zero-order chi connectivity index (χ0) is 11.9. The average Bonchev–Trinajstić information content (AvgIpc) is 2.55. The first-order valence-electron chi connectivity index (χ1n) is 5.39. The van der Waals surface area contributed by atoms with Crippen LogP contribution in [0.25, 0.3) is 0 Å². The molecule has 0 amide bonds. The minimum absolute atomic E-state index is 0.121. The lowest BCUT2D eigenvalue weighted by Gasteiger charge is -2.08. The summed E-state index contributed by atoms with van der Waals surface area (Å²) in [5.41, 5.74) is 1.22. The lowest BCUT2D eigenvalue weighted by atomic mass is 9.99. The van der Waals surface area contributed by atoms with Gasteiger partial charge in [0.25, 0.3) is 0 Å². The number of carbonyl (C=O) groups excluding carboxylic acids is 2. The van der Waals surface area contributed by atoms with Crippen LogP contribution in [0.5, 0.6) is 0 Å². The number of hydrogen-bond acceptors (Lipinski definition) is 3. The van der Waals surface area contributed by atoms with E-state index in [4.69, 9.17) is 0 Å². The summed E-state index contributed by atoms with van der Waals surface area (Å²) in [7, 11) is 1.79. The highest BCUT2D eigenvalue weighted by atomic mass is 16.1. The fourth-order valence-corrected chi connectivity index (χ4v) is 1.95. The molecular formula is C12H14N2O2. The summed E-state index contributed by atoms with van der Waals surface area (Å²) in [5, 5.41) is 0. The van der Waals surface area contributed by atoms with E-state index in [1.807, 2.05) is 6.92 Å². The average molecular weight is 218 g/mol. The number of aromatic nitrogens is 2. The van der Waals surface area contributed by atoms with Crippen LogP contribution in [0.2, 0.25) is 0 Å². The molecule has 0 atom stereocenters. The quantitative estimate of drug-likeness (QED) is 0.759. The van der Waals surface area contributed by atoms with Crippen LogP contribution in [-0.2, 0) is 13.5 Å². The van der Waals surface area contributed by atoms with E-state index in [0.29, 0.717) is 17.0 Å². The lowest BCUT2D eigenvalue weighted by molar-refractivity contribution is 0.0977. The molecule has 2 rings (SSSR count). The number of imidazole rings is 1. The van der Waals surface area contributed by atoms with E-state index in [-0.39, 0.29) is 11.6 Å². The number of nitrogens with zero attached hydrogens (tertiary/aromatic N) is 2. The van der Waals surface area contributed by atoms with Crippen molar-refractivity contribution in [1.29, 1.82) is 0 Å². The molecule has 1 aromatic rings. The van der Waals surface area contributed by atoms with Crippen LogP contribution < -0.4 is 0 Å². The van der Waals surface area contributed by atoms with Gasteiger partial charge in [-0.2, -0.15) is 0 Å². The molecule has 1 aromatic heterocycles. The second-order valence-electron chi connectivity index (χ2n) is 4.05. The smallest absolute Gasteiger partial charge is 0.209 e. The van der Waals surface area contributed by atoms with Crippen LogP contribution in [-0.4, -0.2) is 21.1 Å². The van der Waals surface area contributed by atoms with E-state index in [0.717, 1.165) is 18.7 Å². The molecule has 1 aliphatic carbocycles. The summed E-state index contributed by atoms with van der Waals surface area (Å²) in [6.45, 7) is 3.69. The van der Waals surface area contributed by atoms with Gasteiger partial charge in [-0.25, -0.2) is 4.98 Å². The van der Waals surface area contributed by atoms with Gasteiger partial charge < -0.3 is 4.57 Å². The summed E-state index contributed by atoms with van der Waals surface area (Å²) < 4.78 is 1.74. The summed E-state index contributed by atoms with van der Waals surface area (Å²) in [5.74, 6) is 0.550. The Labute approximate surface area is 94.0 Å². The highest BCUT2D eigenvalue weighted by Crippen LogP contribution is 2.21. The van der Waals surface area contributed by atoms with Gasteiger partial charge >= 0.3 is 0 Å². The van der Waals surface area contributed by atoms with Crippen LogP contribution in [0.15, 0.2) is 11.6 Å². The first-order valence-corrected chi connectivity index (χ1v) is 5.39. The van der Waals surface area contributed by atoms with Gasteiger partial charge in [0.1, 0.15) is 17.2 Å². The monoisotopic (exact) mass is 218 g/mol. The summed E-state index contributed by atoms with van der Waals surface area (Å²) in [6.07, 6.45) is 3.11. The largest absolute Gasteiger partial charge is 0.328 e. The van der Waals surface area contributed by atoms with Crippen LogP contribution in [0.4, 0.5) is 0 Å². The van der Waals surface area contributed by atoms with Crippen molar-refractivity contribution in [1.82, 2.24) is 9.55 Å². The van der Waals surface area contributed by atoms with Gasteiger partial charge in [-0.05, 0) is 19.4 Å². The van der Waals surface area contributed by atoms with Crippen molar-refractivity contribution in [2.24, 2.45) is 7.05 Å². The molecule has 0 spiro atoms. The normalized spacial score (nSPS) is 15.1. The van der Waals surface area contributed by atoms with Gasteiger partial charge in [-0.3, -0.25) is 9.59 Å². The maximum atomic E-state index is 11.8. The molecule has 0 N–H and O–H groups in total. The molecule has 4 heteroatoms. The van der Waals surface area contributed by atoms with Crippen molar-refractivity contribution in [2.45, 2.75) is 26.7 Å². The predicted octanol–water partition coefficient (Wildman–Crippen LogP) is 1.70. The molecule has 0 aliphatic heterocycles. The Morgan fingerprint density at radius 2 is 2.06 bits per heavy atom. The number of hydrogen-bond donors (Lipinski definition) is 0. The molecule has 0 radical (unpaired) electrons. The Balaban J connectivity index is 2.59. The Bertz CT molecular complexity index is 509. The molecule has 0 saturated heterocycles. The Kier molecular flexibility index (Phi) is 2.50. The fraction of sp³-hybridized carbons (Fsp3) is 0.417. The molecule has 1 heterocycles. The minimum Gasteiger partial charge on any atom is -0.328 e. The van der Waals surface area contributed by atoms with Gasteiger partial charge in [0.2, 0.25) is 11.6 Å². The number of Topliss-reactive ketones (excluding diaryl/α,β-unsaturated/α-hetero) is 1. The van der Waals surface area contributed by atoms with E-state index < -0.39 is 0 Å². The number of rotatable bonds is 2. The molecule has 0 fully saturated rings. The molecule has 0 aromatic carbocycles. The van der Waals surface area contributed by atoms with E-state index in [1.54, 1.807) is 18.5 Å². The number of ketones is 2. The molecular weight excluding hydrogens is 204 g/mol. The minimum atomic E-state index is -0.132. The molecule has 0 bridgehead atoms. The molecule has 0 unspecified atom stereocenters. The number of fused-ring (bicyclic) bond motifs is 1. The number of allylic oxidation sites excluding steroid dienone is 2. The van der Waals surface area contributed by atoms with Crippen molar-refractivity contribution in [2.75, 3.05) is 0 Å². The molecule has 1 aliphatic rings. The maximum Gasteiger partial charge on any atom is 0.209 e. The van der Waals surface area contributed by atoms with Gasteiger partial charge in [-0.15, -0.1) is 0 Å². The van der Waals surface area contributed by atoms with E-state index >= 15 is 0 Å². The Morgan fingerprint density at radius 3 is 2.69 bits per heavy atom. The third-order valence-corrected chi connectivity index (χ3v) is 2.82. The van der Waals surface area contributed by atoms with Crippen molar-refractivity contribution >= 4 is 11.6 Å². The maximum absolute atomic E-state index is 11.8. The van der Waals surface area contributed by atoms with Crippen LogP contribution in [0.1, 0.15) is 47.1 Å². The third kappa shape index (κ3) is 1.41. The first kappa shape index (κ1) is 10.8. The number of carbonyl (C=O) groups is 2. The van der Waals surface area contributed by atoms with Crippen molar-refractivity contribution in [3.05, 3.63) is 28.9 Å². The second kappa shape index (κ2) is 3.70. The highest BCUT2D eigenvalue weighted by Gasteiger charge is 2.29. The van der Waals surface area contributed by atoms with Gasteiger partial charge in [0.05, 0.1) is 0 Å². The standard InChI is InChI=1S/C12H14N2O2/c1-4-5-9-13-10-11(14(9)3)8(15)6-7(2)12(10)16/h6H,4-5H2,1-3H3. The van der Waals surface area contributed by atoms with Crippen LogP contribution in [0, 0.1) is 0 Å². The van der Waals surface area contributed by atoms with Crippen molar-refractivity contribution in [3.63, 3.8) is 0 Å². The SMILES string of the molecule is CCCc1nc2c(n1C)C(=O)C=C(C)C2=O. The van der Waals surface area contributed by atoms with Crippen molar-refractivity contribution < 1.29 is 9.59 Å². The van der Waals surface area contributed by atoms with E-state index in [1.165, 1.54) is 6.08 Å². The van der Waals surface area contributed by atoms with Gasteiger partial charge in [0, 0.05) is 19.0 Å². The highest BCUT2D eigenvalue weighted by molar-refractivity contribution is 6.22. The first-order chi connectivity index (χ1) is 7.56. The zero-order valence-electron chi connectivity index (χ0n) is 9.70. The topological polar surface area (TPSA) is 52.0 Å². The summed E-state index contributed by atoms with van der Waals surface area (Å²) in [6, 6.07) is 0. The number of aryl methyl sites for hydroxylation is 1. The summed E-state index contributed by atoms with van der Waals surface area (Å²) in [4.78, 5) is 27.9. The zero-order valence-corrected chi connectivity index (χ0v) is 9.70. The van der Waals surface area contributed by atoms with Gasteiger partial charge in [-0.1, -0.05) is 6.92 Å². The van der Waals surface area contributed by atoms with Gasteiger partial charge in [0.15, 0.2) is 0 Å². The fourth-order valence-electron chi connectivity index (χ4n) is 1.95. The lowest BCUT2D eigenvalue weighted by Crippen LogP contribution is -2.17. The van der Waals surface area contributed by atoms with Crippen molar-refractivity contribution in [3.8, 4) is 0 Å². The Morgan fingerprint density at radius 1 is 1.38 bits per heavy atom. The second-order valence-corrected chi connectivity index (χ2v) is 4.05.